The maximum Gasteiger partial charge on any atom is 0.135 e. The van der Waals surface area contributed by atoms with Crippen LogP contribution in [0.1, 0.15) is 12.0 Å². The van der Waals surface area contributed by atoms with Gasteiger partial charge in [0.1, 0.15) is 10.3 Å². The van der Waals surface area contributed by atoms with Crippen molar-refractivity contribution in [2.75, 3.05) is 13.1 Å². The first-order chi connectivity index (χ1) is 7.15. The minimum atomic E-state index is 0.295. The summed E-state index contributed by atoms with van der Waals surface area (Å²) < 4.78 is 0. The van der Waals surface area contributed by atoms with Crippen molar-refractivity contribution in [3.63, 3.8) is 0 Å². The first-order valence-electron chi connectivity index (χ1n) is 4.94. The Bertz CT molecular complexity index is 357. The van der Waals surface area contributed by atoms with E-state index in [4.69, 9.17) is 28.9 Å². The summed E-state index contributed by atoms with van der Waals surface area (Å²) in [5.41, 5.74) is 6.84. The van der Waals surface area contributed by atoms with Crippen LogP contribution in [0, 0.1) is 0 Å². The Balaban J connectivity index is 2.04. The zero-order chi connectivity index (χ0) is 10.8. The summed E-state index contributed by atoms with van der Waals surface area (Å²) in [7, 11) is 0. The van der Waals surface area contributed by atoms with Gasteiger partial charge in [-0.1, -0.05) is 29.3 Å². The van der Waals surface area contributed by atoms with E-state index in [1.165, 1.54) is 0 Å². The first kappa shape index (κ1) is 11.1. The van der Waals surface area contributed by atoms with Crippen molar-refractivity contribution in [3.8, 4) is 0 Å². The summed E-state index contributed by atoms with van der Waals surface area (Å²) in [6.45, 7) is 2.76. The second-order valence-corrected chi connectivity index (χ2v) is 4.61. The van der Waals surface area contributed by atoms with E-state index in [0.717, 1.165) is 31.6 Å². The molecule has 1 fully saturated rings. The molecule has 82 valence electrons. The smallest absolute Gasteiger partial charge is 0.135 e. The molecule has 2 heterocycles. The highest BCUT2D eigenvalue weighted by Crippen LogP contribution is 2.20. The van der Waals surface area contributed by atoms with E-state index in [0.29, 0.717) is 16.3 Å². The molecule has 5 heteroatoms. The molecule has 0 bridgehead atoms. The Hall–Kier alpha value is -0.350. The van der Waals surface area contributed by atoms with Gasteiger partial charge in [-0.3, -0.25) is 4.90 Å². The Morgan fingerprint density at radius 2 is 2.27 bits per heavy atom. The van der Waals surface area contributed by atoms with Gasteiger partial charge >= 0.3 is 0 Å². The molecule has 1 aliphatic rings. The lowest BCUT2D eigenvalue weighted by atomic mass is 10.2. The molecule has 0 spiro atoms. The van der Waals surface area contributed by atoms with Gasteiger partial charge in [0.25, 0.3) is 0 Å². The number of pyridine rings is 1. The van der Waals surface area contributed by atoms with Crippen LogP contribution >= 0.6 is 23.2 Å². The Morgan fingerprint density at radius 1 is 1.47 bits per heavy atom. The summed E-state index contributed by atoms with van der Waals surface area (Å²) in [5.74, 6) is 0. The molecule has 0 unspecified atom stereocenters. The molecule has 15 heavy (non-hydrogen) atoms. The van der Waals surface area contributed by atoms with Gasteiger partial charge in [0.05, 0.1) is 0 Å². The minimum Gasteiger partial charge on any atom is -0.326 e. The summed E-state index contributed by atoms with van der Waals surface area (Å²) in [4.78, 5) is 6.29. The molecule has 1 aromatic rings. The van der Waals surface area contributed by atoms with Crippen molar-refractivity contribution in [3.05, 3.63) is 28.0 Å². The van der Waals surface area contributed by atoms with Gasteiger partial charge in [-0.25, -0.2) is 4.98 Å². The lowest BCUT2D eigenvalue weighted by molar-refractivity contribution is 0.326. The van der Waals surface area contributed by atoms with Crippen LogP contribution in [0.25, 0.3) is 0 Å². The fraction of sp³-hybridized carbons (Fsp3) is 0.500. The average molecular weight is 246 g/mol. The summed E-state index contributed by atoms with van der Waals surface area (Å²) in [6, 6.07) is 3.98. The van der Waals surface area contributed by atoms with Gasteiger partial charge in [0, 0.05) is 31.2 Å². The van der Waals surface area contributed by atoms with E-state index < -0.39 is 0 Å². The van der Waals surface area contributed by atoms with E-state index in [1.807, 2.05) is 6.07 Å². The SMILES string of the molecule is N[C@@H]1CCN(Cc2ccc(Cl)nc2Cl)C1. The third kappa shape index (κ3) is 2.82. The number of hydrogen-bond donors (Lipinski definition) is 1. The number of nitrogens with zero attached hydrogens (tertiary/aromatic N) is 2. The van der Waals surface area contributed by atoms with Crippen LogP contribution in [0.2, 0.25) is 10.3 Å². The molecule has 0 radical (unpaired) electrons. The Morgan fingerprint density at radius 3 is 2.87 bits per heavy atom. The van der Waals surface area contributed by atoms with E-state index in [9.17, 15) is 0 Å². The largest absolute Gasteiger partial charge is 0.326 e. The number of likely N-dealkylation sites (tertiary alicyclic amines) is 1. The zero-order valence-electron chi connectivity index (χ0n) is 8.29. The van der Waals surface area contributed by atoms with Crippen molar-refractivity contribution in [2.24, 2.45) is 5.73 Å². The van der Waals surface area contributed by atoms with Gasteiger partial charge in [-0.15, -0.1) is 0 Å². The fourth-order valence-corrected chi connectivity index (χ4v) is 2.21. The van der Waals surface area contributed by atoms with Crippen LogP contribution in [0.3, 0.4) is 0 Å². The van der Waals surface area contributed by atoms with Gasteiger partial charge in [0.2, 0.25) is 0 Å². The predicted molar refractivity (Wildman–Crippen MR) is 62.1 cm³/mol. The highest BCUT2D eigenvalue weighted by molar-refractivity contribution is 6.32. The van der Waals surface area contributed by atoms with E-state index in [-0.39, 0.29) is 0 Å². The van der Waals surface area contributed by atoms with Crippen LogP contribution in [-0.2, 0) is 6.54 Å². The molecule has 1 aromatic heterocycles. The van der Waals surface area contributed by atoms with Crippen LogP contribution in [-0.4, -0.2) is 29.0 Å². The molecule has 3 nitrogen and oxygen atoms in total. The second kappa shape index (κ2) is 4.66. The maximum atomic E-state index is 5.99. The van der Waals surface area contributed by atoms with Crippen molar-refractivity contribution in [2.45, 2.75) is 19.0 Å². The molecule has 0 aliphatic carbocycles. The van der Waals surface area contributed by atoms with Gasteiger partial charge in [0.15, 0.2) is 0 Å². The molecule has 0 saturated carbocycles. The normalized spacial score (nSPS) is 22.2. The van der Waals surface area contributed by atoms with Crippen LogP contribution in [0.15, 0.2) is 12.1 Å². The molecular formula is C10H13Cl2N3. The van der Waals surface area contributed by atoms with E-state index in [1.54, 1.807) is 6.07 Å². The monoisotopic (exact) mass is 245 g/mol. The van der Waals surface area contributed by atoms with Crippen LogP contribution in [0.4, 0.5) is 0 Å². The number of aromatic nitrogens is 1. The predicted octanol–water partition coefficient (Wildman–Crippen LogP) is 1.92. The first-order valence-corrected chi connectivity index (χ1v) is 5.69. The van der Waals surface area contributed by atoms with Gasteiger partial charge in [-0.05, 0) is 12.5 Å². The molecule has 1 saturated heterocycles. The number of rotatable bonds is 2. The molecule has 2 rings (SSSR count). The fourth-order valence-electron chi connectivity index (χ4n) is 1.81. The molecule has 0 amide bonds. The zero-order valence-corrected chi connectivity index (χ0v) is 9.80. The third-order valence-electron chi connectivity index (χ3n) is 2.59. The highest BCUT2D eigenvalue weighted by Gasteiger charge is 2.19. The highest BCUT2D eigenvalue weighted by atomic mass is 35.5. The molecule has 1 atom stereocenters. The number of nitrogens with two attached hydrogens (primary N) is 1. The summed E-state index contributed by atoms with van der Waals surface area (Å²) in [6.07, 6.45) is 1.05. The van der Waals surface area contributed by atoms with E-state index in [2.05, 4.69) is 9.88 Å². The Labute approximate surface area is 99.2 Å². The lowest BCUT2D eigenvalue weighted by Gasteiger charge is -2.15. The minimum absolute atomic E-state index is 0.295. The summed E-state index contributed by atoms with van der Waals surface area (Å²) in [5, 5.41) is 0.921. The number of hydrogen-bond acceptors (Lipinski definition) is 3. The maximum absolute atomic E-state index is 5.99. The van der Waals surface area contributed by atoms with Crippen molar-refractivity contribution >= 4 is 23.2 Å². The van der Waals surface area contributed by atoms with Gasteiger partial charge in [-0.2, -0.15) is 0 Å². The van der Waals surface area contributed by atoms with Gasteiger partial charge < -0.3 is 5.73 Å². The topological polar surface area (TPSA) is 42.1 Å². The van der Waals surface area contributed by atoms with Crippen LogP contribution in [0.5, 0.6) is 0 Å². The molecule has 2 N–H and O–H groups in total. The summed E-state index contributed by atoms with van der Waals surface area (Å²) >= 11 is 11.7. The second-order valence-electron chi connectivity index (χ2n) is 3.87. The lowest BCUT2D eigenvalue weighted by Crippen LogP contribution is -2.26. The average Bonchev–Trinajstić information content (AvgIpc) is 2.56. The molecule has 1 aliphatic heterocycles. The molecule has 0 aromatic carbocycles. The standard InChI is InChI=1S/C10H13Cl2N3/c11-9-2-1-7(10(12)14-9)5-15-4-3-8(13)6-15/h1-2,8H,3-6,13H2/t8-/m1/s1. The third-order valence-corrected chi connectivity index (χ3v) is 3.13. The number of halogens is 2. The van der Waals surface area contributed by atoms with Crippen molar-refractivity contribution in [1.29, 1.82) is 0 Å². The quantitative estimate of drug-likeness (QED) is 0.810. The van der Waals surface area contributed by atoms with Crippen LogP contribution < -0.4 is 5.73 Å². The Kier molecular flexibility index (Phi) is 3.46. The van der Waals surface area contributed by atoms with Crippen molar-refractivity contribution < 1.29 is 0 Å². The molecular weight excluding hydrogens is 233 g/mol. The van der Waals surface area contributed by atoms with E-state index >= 15 is 0 Å². The van der Waals surface area contributed by atoms with Crippen molar-refractivity contribution in [1.82, 2.24) is 9.88 Å².